The molecule has 0 unspecified atom stereocenters. The first kappa shape index (κ1) is 13.3. The van der Waals surface area contributed by atoms with E-state index < -0.39 is 0 Å². The second-order valence-electron chi connectivity index (χ2n) is 3.63. The molecule has 0 spiro atoms. The Hall–Kier alpha value is -1.77. The number of methoxy groups -OCH3 is 1. The van der Waals surface area contributed by atoms with Crippen LogP contribution in [0.1, 0.15) is 25.3 Å². The SMILES string of the molecule is CCCCOC(=O)C=Cc1ccc(OC)cc1. The van der Waals surface area contributed by atoms with Crippen LogP contribution in [0.3, 0.4) is 0 Å². The highest BCUT2D eigenvalue weighted by molar-refractivity contribution is 5.87. The molecule has 0 bridgehead atoms. The summed E-state index contributed by atoms with van der Waals surface area (Å²) in [6, 6.07) is 7.47. The molecule has 92 valence electrons. The summed E-state index contributed by atoms with van der Waals surface area (Å²) in [4.78, 5) is 11.3. The quantitative estimate of drug-likeness (QED) is 0.431. The molecule has 1 aromatic rings. The van der Waals surface area contributed by atoms with Gasteiger partial charge < -0.3 is 9.47 Å². The Bertz CT molecular complexity index is 366. The van der Waals surface area contributed by atoms with E-state index >= 15 is 0 Å². The summed E-state index contributed by atoms with van der Waals surface area (Å²) >= 11 is 0. The Kier molecular flexibility index (Phi) is 5.86. The van der Waals surface area contributed by atoms with Crippen molar-refractivity contribution >= 4 is 12.0 Å². The molecule has 0 aliphatic rings. The van der Waals surface area contributed by atoms with E-state index in [1.54, 1.807) is 13.2 Å². The maximum absolute atomic E-state index is 11.3. The van der Waals surface area contributed by atoms with Crippen LogP contribution in [0.15, 0.2) is 30.3 Å². The van der Waals surface area contributed by atoms with E-state index in [2.05, 4.69) is 6.92 Å². The van der Waals surface area contributed by atoms with Crippen LogP contribution in [0.4, 0.5) is 0 Å². The summed E-state index contributed by atoms with van der Waals surface area (Å²) in [5, 5.41) is 0. The molecule has 0 saturated heterocycles. The Labute approximate surface area is 102 Å². The van der Waals surface area contributed by atoms with Crippen LogP contribution in [0.25, 0.3) is 6.08 Å². The van der Waals surface area contributed by atoms with Crippen molar-refractivity contribution < 1.29 is 14.3 Å². The minimum atomic E-state index is -0.297. The van der Waals surface area contributed by atoms with Crippen molar-refractivity contribution in [1.82, 2.24) is 0 Å². The molecule has 1 rings (SSSR count). The van der Waals surface area contributed by atoms with E-state index in [0.29, 0.717) is 6.61 Å². The van der Waals surface area contributed by atoms with Crippen molar-refractivity contribution in [2.45, 2.75) is 19.8 Å². The first-order chi connectivity index (χ1) is 8.26. The standard InChI is InChI=1S/C14H18O3/c1-3-4-11-17-14(15)10-7-12-5-8-13(16-2)9-6-12/h5-10H,3-4,11H2,1-2H3. The molecule has 0 heterocycles. The zero-order valence-corrected chi connectivity index (χ0v) is 10.3. The molecule has 0 fully saturated rings. The number of carbonyl (C=O) groups excluding carboxylic acids is 1. The second kappa shape index (κ2) is 7.49. The van der Waals surface area contributed by atoms with Crippen molar-refractivity contribution in [2.75, 3.05) is 13.7 Å². The zero-order chi connectivity index (χ0) is 12.5. The summed E-state index contributed by atoms with van der Waals surface area (Å²) in [7, 11) is 1.62. The van der Waals surface area contributed by atoms with Crippen molar-refractivity contribution in [1.29, 1.82) is 0 Å². The molecule has 0 aliphatic heterocycles. The van der Waals surface area contributed by atoms with Gasteiger partial charge in [0, 0.05) is 6.08 Å². The van der Waals surface area contributed by atoms with E-state index in [9.17, 15) is 4.79 Å². The van der Waals surface area contributed by atoms with Crippen LogP contribution in [0.2, 0.25) is 0 Å². The summed E-state index contributed by atoms with van der Waals surface area (Å²) < 4.78 is 10.0. The summed E-state index contributed by atoms with van der Waals surface area (Å²) in [6.07, 6.45) is 5.10. The smallest absolute Gasteiger partial charge is 0.330 e. The summed E-state index contributed by atoms with van der Waals surface area (Å²) in [5.74, 6) is 0.502. The molecule has 3 nitrogen and oxygen atoms in total. The van der Waals surface area contributed by atoms with Gasteiger partial charge in [-0.25, -0.2) is 4.79 Å². The Morgan fingerprint density at radius 3 is 2.59 bits per heavy atom. The molecule has 1 aromatic carbocycles. The number of benzene rings is 1. The predicted octanol–water partition coefficient (Wildman–Crippen LogP) is 3.05. The number of ether oxygens (including phenoxy) is 2. The van der Waals surface area contributed by atoms with Crippen LogP contribution < -0.4 is 4.74 Å². The highest BCUT2D eigenvalue weighted by atomic mass is 16.5. The lowest BCUT2D eigenvalue weighted by molar-refractivity contribution is -0.137. The minimum Gasteiger partial charge on any atom is -0.497 e. The van der Waals surface area contributed by atoms with Crippen molar-refractivity contribution in [2.24, 2.45) is 0 Å². The minimum absolute atomic E-state index is 0.297. The van der Waals surface area contributed by atoms with E-state index in [0.717, 1.165) is 24.2 Å². The van der Waals surface area contributed by atoms with Gasteiger partial charge in [-0.15, -0.1) is 0 Å². The fourth-order valence-electron chi connectivity index (χ4n) is 1.24. The van der Waals surface area contributed by atoms with E-state index in [1.807, 2.05) is 24.3 Å². The average molecular weight is 234 g/mol. The Morgan fingerprint density at radius 1 is 1.29 bits per heavy atom. The monoisotopic (exact) mass is 234 g/mol. The molecule has 3 heteroatoms. The third kappa shape index (κ3) is 5.20. The van der Waals surface area contributed by atoms with Crippen LogP contribution in [0, 0.1) is 0 Å². The number of esters is 1. The maximum Gasteiger partial charge on any atom is 0.330 e. The lowest BCUT2D eigenvalue weighted by Gasteiger charge is -2.00. The van der Waals surface area contributed by atoms with Gasteiger partial charge >= 0.3 is 5.97 Å². The first-order valence-electron chi connectivity index (χ1n) is 5.75. The van der Waals surface area contributed by atoms with E-state index in [4.69, 9.17) is 9.47 Å². The molecule has 0 atom stereocenters. The largest absolute Gasteiger partial charge is 0.497 e. The predicted molar refractivity (Wildman–Crippen MR) is 67.9 cm³/mol. The second-order valence-corrected chi connectivity index (χ2v) is 3.63. The van der Waals surface area contributed by atoms with Gasteiger partial charge in [-0.1, -0.05) is 25.5 Å². The number of carbonyl (C=O) groups is 1. The van der Waals surface area contributed by atoms with Gasteiger partial charge in [0.25, 0.3) is 0 Å². The van der Waals surface area contributed by atoms with Crippen LogP contribution in [0.5, 0.6) is 5.75 Å². The Balaban J connectivity index is 2.43. The molecule has 0 aromatic heterocycles. The molecule has 0 saturated carbocycles. The number of rotatable bonds is 6. The molecule has 0 aliphatic carbocycles. The lowest BCUT2D eigenvalue weighted by atomic mass is 10.2. The highest BCUT2D eigenvalue weighted by Gasteiger charge is 1.96. The van der Waals surface area contributed by atoms with Crippen LogP contribution in [-0.2, 0) is 9.53 Å². The third-order valence-electron chi connectivity index (χ3n) is 2.27. The molecule has 0 radical (unpaired) electrons. The van der Waals surface area contributed by atoms with Crippen LogP contribution in [-0.4, -0.2) is 19.7 Å². The van der Waals surface area contributed by atoms with Gasteiger partial charge in [0.05, 0.1) is 13.7 Å². The lowest BCUT2D eigenvalue weighted by Crippen LogP contribution is -2.01. The first-order valence-corrected chi connectivity index (χ1v) is 5.75. The Morgan fingerprint density at radius 2 is 2.00 bits per heavy atom. The van der Waals surface area contributed by atoms with E-state index in [1.165, 1.54) is 6.08 Å². The van der Waals surface area contributed by atoms with Gasteiger partial charge in [-0.05, 0) is 30.2 Å². The van der Waals surface area contributed by atoms with Crippen molar-refractivity contribution in [3.63, 3.8) is 0 Å². The fourth-order valence-corrected chi connectivity index (χ4v) is 1.24. The number of hydrogen-bond acceptors (Lipinski definition) is 3. The topological polar surface area (TPSA) is 35.5 Å². The van der Waals surface area contributed by atoms with Gasteiger partial charge in [0.15, 0.2) is 0 Å². The summed E-state index contributed by atoms with van der Waals surface area (Å²) in [5.41, 5.74) is 0.943. The van der Waals surface area contributed by atoms with Crippen molar-refractivity contribution in [3.8, 4) is 5.75 Å². The normalized spacial score (nSPS) is 10.5. The summed E-state index contributed by atoms with van der Waals surface area (Å²) in [6.45, 7) is 2.54. The highest BCUT2D eigenvalue weighted by Crippen LogP contribution is 2.12. The van der Waals surface area contributed by atoms with Gasteiger partial charge in [0.2, 0.25) is 0 Å². The third-order valence-corrected chi connectivity index (χ3v) is 2.27. The van der Waals surface area contributed by atoms with E-state index in [-0.39, 0.29) is 5.97 Å². The van der Waals surface area contributed by atoms with Gasteiger partial charge in [-0.3, -0.25) is 0 Å². The molecule has 0 amide bonds. The van der Waals surface area contributed by atoms with Gasteiger partial charge in [-0.2, -0.15) is 0 Å². The molecular formula is C14H18O3. The van der Waals surface area contributed by atoms with Crippen molar-refractivity contribution in [3.05, 3.63) is 35.9 Å². The average Bonchev–Trinajstić information content (AvgIpc) is 2.37. The number of hydrogen-bond donors (Lipinski definition) is 0. The molecular weight excluding hydrogens is 216 g/mol. The molecule has 0 N–H and O–H groups in total. The molecule has 17 heavy (non-hydrogen) atoms. The number of unbranched alkanes of at least 4 members (excludes halogenated alkanes) is 1. The zero-order valence-electron chi connectivity index (χ0n) is 10.3. The van der Waals surface area contributed by atoms with Crippen LogP contribution >= 0.6 is 0 Å². The fraction of sp³-hybridized carbons (Fsp3) is 0.357. The maximum atomic E-state index is 11.3. The van der Waals surface area contributed by atoms with Gasteiger partial charge in [0.1, 0.15) is 5.75 Å².